The van der Waals surface area contributed by atoms with Crippen molar-refractivity contribution in [3.63, 3.8) is 0 Å². The zero-order valence-electron chi connectivity index (χ0n) is 9.07. The molecule has 0 radical (unpaired) electrons. The molecule has 0 aliphatic heterocycles. The number of benzene rings is 1. The molecule has 82 valence electrons. The number of guanidine groups is 1. The maximum atomic E-state index is 5.80. The normalized spacial score (nSPS) is 11.5. The fourth-order valence-corrected chi connectivity index (χ4v) is 1.35. The van der Waals surface area contributed by atoms with E-state index in [9.17, 15) is 0 Å². The largest absolute Gasteiger partial charge is 0.370 e. The molecule has 2 N–H and O–H groups in total. The summed E-state index contributed by atoms with van der Waals surface area (Å²) in [6, 6.07) is 7.71. The van der Waals surface area contributed by atoms with Gasteiger partial charge in [0.2, 0.25) is 0 Å². The maximum Gasteiger partial charge on any atom is 0.191 e. The molecule has 0 aliphatic carbocycles. The predicted molar refractivity (Wildman–Crippen MR) is 65.1 cm³/mol. The number of halogens is 1. The lowest BCUT2D eigenvalue weighted by atomic mass is 10.2. The molecule has 0 bridgehead atoms. The monoisotopic (exact) mass is 225 g/mol. The molecule has 0 atom stereocenters. The van der Waals surface area contributed by atoms with Crippen molar-refractivity contribution in [2.45, 2.75) is 13.5 Å². The Morgan fingerprint density at radius 2 is 2.00 bits per heavy atom. The number of nitrogens with zero attached hydrogens (tertiary/aromatic N) is 2. The Balaban J connectivity index is 2.62. The fourth-order valence-electron chi connectivity index (χ4n) is 1.23. The van der Waals surface area contributed by atoms with Crippen molar-refractivity contribution in [2.24, 2.45) is 10.7 Å². The van der Waals surface area contributed by atoms with Crippen molar-refractivity contribution < 1.29 is 0 Å². The topological polar surface area (TPSA) is 41.6 Å². The number of hydrogen-bond acceptors (Lipinski definition) is 1. The standard InChI is InChI=1S/C11H16ClN3/c1-3-14-11(13)15(2)8-9-4-6-10(12)7-5-9/h4-7H,3,8H2,1-2H3,(H2,13,14). The van der Waals surface area contributed by atoms with Crippen LogP contribution in [0.25, 0.3) is 0 Å². The first kappa shape index (κ1) is 11.9. The second kappa shape index (κ2) is 5.61. The quantitative estimate of drug-likeness (QED) is 0.633. The van der Waals surface area contributed by atoms with Crippen molar-refractivity contribution in [3.05, 3.63) is 34.9 Å². The Bertz CT molecular complexity index is 332. The summed E-state index contributed by atoms with van der Waals surface area (Å²) in [5, 5.41) is 0.747. The Morgan fingerprint density at radius 1 is 1.40 bits per heavy atom. The van der Waals surface area contributed by atoms with E-state index < -0.39 is 0 Å². The third kappa shape index (κ3) is 3.80. The summed E-state index contributed by atoms with van der Waals surface area (Å²) in [6.07, 6.45) is 0. The van der Waals surface area contributed by atoms with Crippen LogP contribution < -0.4 is 5.73 Å². The van der Waals surface area contributed by atoms with Gasteiger partial charge >= 0.3 is 0 Å². The van der Waals surface area contributed by atoms with Gasteiger partial charge in [0.15, 0.2) is 5.96 Å². The van der Waals surface area contributed by atoms with Crippen LogP contribution in [-0.4, -0.2) is 24.5 Å². The van der Waals surface area contributed by atoms with Crippen molar-refractivity contribution in [1.29, 1.82) is 0 Å². The highest BCUT2D eigenvalue weighted by atomic mass is 35.5. The van der Waals surface area contributed by atoms with E-state index in [0.29, 0.717) is 12.5 Å². The van der Waals surface area contributed by atoms with E-state index in [2.05, 4.69) is 4.99 Å². The molecule has 0 aromatic heterocycles. The van der Waals surface area contributed by atoms with Gasteiger partial charge in [0.05, 0.1) is 0 Å². The van der Waals surface area contributed by atoms with Gasteiger partial charge in [-0.3, -0.25) is 4.99 Å². The first-order valence-electron chi connectivity index (χ1n) is 4.89. The van der Waals surface area contributed by atoms with Gasteiger partial charge in [-0.25, -0.2) is 0 Å². The number of hydrogen-bond donors (Lipinski definition) is 1. The van der Waals surface area contributed by atoms with Crippen molar-refractivity contribution in [2.75, 3.05) is 13.6 Å². The van der Waals surface area contributed by atoms with Crippen molar-refractivity contribution in [3.8, 4) is 0 Å². The SMILES string of the molecule is CCN=C(N)N(C)Cc1ccc(Cl)cc1. The van der Waals surface area contributed by atoms with E-state index in [0.717, 1.165) is 17.1 Å². The molecule has 0 spiro atoms. The molecule has 1 aromatic carbocycles. The van der Waals surface area contributed by atoms with Crippen LogP contribution in [-0.2, 0) is 6.54 Å². The van der Waals surface area contributed by atoms with Crippen LogP contribution in [0.15, 0.2) is 29.3 Å². The molecule has 15 heavy (non-hydrogen) atoms. The molecule has 0 heterocycles. The smallest absolute Gasteiger partial charge is 0.191 e. The van der Waals surface area contributed by atoms with Crippen LogP contribution in [0, 0.1) is 0 Å². The minimum atomic E-state index is 0.562. The van der Waals surface area contributed by atoms with E-state index >= 15 is 0 Å². The van der Waals surface area contributed by atoms with Crippen LogP contribution >= 0.6 is 11.6 Å². The lowest BCUT2D eigenvalue weighted by molar-refractivity contribution is 0.492. The Kier molecular flexibility index (Phi) is 4.43. The van der Waals surface area contributed by atoms with Crippen molar-refractivity contribution >= 4 is 17.6 Å². The molecule has 0 aliphatic rings. The van der Waals surface area contributed by atoms with Crippen molar-refractivity contribution in [1.82, 2.24) is 4.90 Å². The predicted octanol–water partition coefficient (Wildman–Crippen LogP) is 2.11. The minimum absolute atomic E-state index is 0.562. The molecular formula is C11H16ClN3. The van der Waals surface area contributed by atoms with Gasteiger partial charge in [-0.05, 0) is 24.6 Å². The van der Waals surface area contributed by atoms with Crippen LogP contribution in [0.4, 0.5) is 0 Å². The fraction of sp³-hybridized carbons (Fsp3) is 0.364. The van der Waals surface area contributed by atoms with Crippen LogP contribution in [0.3, 0.4) is 0 Å². The van der Waals surface area contributed by atoms with E-state index in [1.165, 1.54) is 0 Å². The molecule has 0 saturated heterocycles. The summed E-state index contributed by atoms with van der Waals surface area (Å²) in [5.74, 6) is 0.562. The van der Waals surface area contributed by atoms with Gasteiger partial charge in [0, 0.05) is 25.2 Å². The summed E-state index contributed by atoms with van der Waals surface area (Å²) in [4.78, 5) is 6.04. The summed E-state index contributed by atoms with van der Waals surface area (Å²) in [7, 11) is 1.92. The second-order valence-electron chi connectivity index (χ2n) is 3.32. The zero-order valence-corrected chi connectivity index (χ0v) is 9.83. The van der Waals surface area contributed by atoms with E-state index in [4.69, 9.17) is 17.3 Å². The molecule has 1 rings (SSSR count). The van der Waals surface area contributed by atoms with Gasteiger partial charge in [-0.1, -0.05) is 23.7 Å². The Hall–Kier alpha value is -1.22. The van der Waals surface area contributed by atoms with Crippen LogP contribution in [0.1, 0.15) is 12.5 Å². The summed E-state index contributed by atoms with van der Waals surface area (Å²) in [6.45, 7) is 3.41. The molecule has 0 saturated carbocycles. The molecule has 0 unspecified atom stereocenters. The van der Waals surface area contributed by atoms with E-state index in [-0.39, 0.29) is 0 Å². The van der Waals surface area contributed by atoms with E-state index in [1.807, 2.05) is 43.1 Å². The lowest BCUT2D eigenvalue weighted by Crippen LogP contribution is -2.33. The molecule has 4 heteroatoms. The van der Waals surface area contributed by atoms with Gasteiger partial charge in [0.1, 0.15) is 0 Å². The molecule has 1 aromatic rings. The third-order valence-corrected chi connectivity index (χ3v) is 2.30. The van der Waals surface area contributed by atoms with Gasteiger partial charge < -0.3 is 10.6 Å². The molecular weight excluding hydrogens is 210 g/mol. The maximum absolute atomic E-state index is 5.80. The minimum Gasteiger partial charge on any atom is -0.370 e. The first-order chi connectivity index (χ1) is 7.13. The number of rotatable bonds is 3. The Labute approximate surface area is 95.6 Å². The molecule has 3 nitrogen and oxygen atoms in total. The third-order valence-electron chi connectivity index (χ3n) is 2.04. The van der Waals surface area contributed by atoms with Gasteiger partial charge in [-0.15, -0.1) is 0 Å². The highest BCUT2D eigenvalue weighted by Gasteiger charge is 2.02. The second-order valence-corrected chi connectivity index (χ2v) is 3.75. The zero-order chi connectivity index (χ0) is 11.3. The average molecular weight is 226 g/mol. The van der Waals surface area contributed by atoms with Gasteiger partial charge in [0.25, 0.3) is 0 Å². The first-order valence-corrected chi connectivity index (χ1v) is 5.26. The number of aliphatic imine (C=N–C) groups is 1. The van der Waals surface area contributed by atoms with Crippen LogP contribution in [0.5, 0.6) is 0 Å². The van der Waals surface area contributed by atoms with Crippen LogP contribution in [0.2, 0.25) is 5.02 Å². The summed E-state index contributed by atoms with van der Waals surface area (Å²) in [5.41, 5.74) is 6.92. The van der Waals surface area contributed by atoms with Gasteiger partial charge in [-0.2, -0.15) is 0 Å². The summed E-state index contributed by atoms with van der Waals surface area (Å²) >= 11 is 5.80. The summed E-state index contributed by atoms with van der Waals surface area (Å²) < 4.78 is 0. The highest BCUT2D eigenvalue weighted by molar-refractivity contribution is 6.30. The lowest BCUT2D eigenvalue weighted by Gasteiger charge is -2.17. The Morgan fingerprint density at radius 3 is 2.53 bits per heavy atom. The molecule has 0 amide bonds. The molecule has 0 fully saturated rings. The average Bonchev–Trinajstić information content (AvgIpc) is 2.22. The van der Waals surface area contributed by atoms with E-state index in [1.54, 1.807) is 0 Å². The number of nitrogens with two attached hydrogens (primary N) is 1. The highest BCUT2D eigenvalue weighted by Crippen LogP contribution is 2.10.